The molecule has 2 heterocycles. The Hall–Kier alpha value is -2.44. The molecule has 25 heavy (non-hydrogen) atoms. The number of hydrogen-bond donors (Lipinski definition) is 1. The van der Waals surface area contributed by atoms with Crippen LogP contribution in [0.5, 0.6) is 0 Å². The minimum atomic E-state index is -0.825. The number of hydrogen-bond acceptors (Lipinski definition) is 3. The SMILES string of the molecule is O=C1NCCN(C(=O)CCN2CCCCC2=O)C1c1cccc(F)c1. The fourth-order valence-electron chi connectivity index (χ4n) is 3.42. The van der Waals surface area contributed by atoms with Crippen molar-refractivity contribution >= 4 is 17.7 Å². The number of carbonyl (C=O) groups is 3. The van der Waals surface area contributed by atoms with Gasteiger partial charge in [-0.1, -0.05) is 12.1 Å². The van der Waals surface area contributed by atoms with E-state index in [2.05, 4.69) is 5.32 Å². The van der Waals surface area contributed by atoms with Crippen LogP contribution < -0.4 is 5.32 Å². The quantitative estimate of drug-likeness (QED) is 0.891. The van der Waals surface area contributed by atoms with Crippen LogP contribution in [0.1, 0.15) is 37.3 Å². The summed E-state index contributed by atoms with van der Waals surface area (Å²) in [5.41, 5.74) is 0.458. The van der Waals surface area contributed by atoms with Crippen LogP contribution in [0, 0.1) is 5.82 Å². The predicted octanol–water partition coefficient (Wildman–Crippen LogP) is 1.23. The summed E-state index contributed by atoms with van der Waals surface area (Å²) in [7, 11) is 0. The lowest BCUT2D eigenvalue weighted by atomic mass is 10.0. The number of nitrogens with one attached hydrogen (secondary N) is 1. The molecule has 0 aliphatic carbocycles. The highest BCUT2D eigenvalue weighted by Gasteiger charge is 2.34. The Morgan fingerprint density at radius 2 is 2.08 bits per heavy atom. The van der Waals surface area contributed by atoms with Crippen molar-refractivity contribution in [2.45, 2.75) is 31.7 Å². The first-order chi connectivity index (χ1) is 12.1. The summed E-state index contributed by atoms with van der Waals surface area (Å²) in [4.78, 5) is 40.0. The molecule has 1 N–H and O–H groups in total. The monoisotopic (exact) mass is 347 g/mol. The molecule has 6 nitrogen and oxygen atoms in total. The van der Waals surface area contributed by atoms with Crippen LogP contribution in [-0.4, -0.2) is 53.7 Å². The Morgan fingerprint density at radius 1 is 1.24 bits per heavy atom. The lowest BCUT2D eigenvalue weighted by Crippen LogP contribution is -2.52. The summed E-state index contributed by atoms with van der Waals surface area (Å²) < 4.78 is 13.5. The molecule has 7 heteroatoms. The maximum atomic E-state index is 13.5. The standard InChI is InChI=1S/C18H22FN3O3/c19-14-5-3-4-13(12-14)17-18(25)20-8-11-22(17)16(24)7-10-21-9-2-1-6-15(21)23/h3-5,12,17H,1-2,6-11H2,(H,20,25). The van der Waals surface area contributed by atoms with Crippen molar-refractivity contribution in [3.8, 4) is 0 Å². The molecule has 0 aromatic heterocycles. The van der Waals surface area contributed by atoms with Crippen LogP contribution in [-0.2, 0) is 14.4 Å². The van der Waals surface area contributed by atoms with Crippen LogP contribution in [0.4, 0.5) is 4.39 Å². The van der Waals surface area contributed by atoms with E-state index >= 15 is 0 Å². The van der Waals surface area contributed by atoms with Gasteiger partial charge in [-0.3, -0.25) is 14.4 Å². The molecule has 3 rings (SSSR count). The minimum Gasteiger partial charge on any atom is -0.352 e. The van der Waals surface area contributed by atoms with E-state index in [4.69, 9.17) is 0 Å². The van der Waals surface area contributed by atoms with Crippen LogP contribution in [0.3, 0.4) is 0 Å². The zero-order chi connectivity index (χ0) is 17.8. The fourth-order valence-corrected chi connectivity index (χ4v) is 3.42. The number of nitrogens with zero attached hydrogens (tertiary/aromatic N) is 2. The van der Waals surface area contributed by atoms with Crippen molar-refractivity contribution in [3.05, 3.63) is 35.6 Å². The van der Waals surface area contributed by atoms with Gasteiger partial charge >= 0.3 is 0 Å². The molecule has 0 radical (unpaired) electrons. The van der Waals surface area contributed by atoms with Gasteiger partial charge in [0, 0.05) is 39.0 Å². The lowest BCUT2D eigenvalue weighted by molar-refractivity contribution is -0.144. The molecule has 1 atom stereocenters. The van der Waals surface area contributed by atoms with Crippen molar-refractivity contribution in [1.82, 2.24) is 15.1 Å². The summed E-state index contributed by atoms with van der Waals surface area (Å²) in [6.07, 6.45) is 2.56. The highest BCUT2D eigenvalue weighted by Crippen LogP contribution is 2.25. The van der Waals surface area contributed by atoms with E-state index in [-0.39, 0.29) is 24.1 Å². The van der Waals surface area contributed by atoms with E-state index in [1.165, 1.54) is 23.1 Å². The summed E-state index contributed by atoms with van der Waals surface area (Å²) in [6.45, 7) is 1.80. The number of carbonyl (C=O) groups excluding carboxylic acids is 3. The van der Waals surface area contributed by atoms with E-state index in [0.29, 0.717) is 38.2 Å². The number of amides is 3. The van der Waals surface area contributed by atoms with Crippen LogP contribution in [0.25, 0.3) is 0 Å². The van der Waals surface area contributed by atoms with E-state index in [1.54, 1.807) is 11.0 Å². The van der Waals surface area contributed by atoms with Gasteiger partial charge in [0.1, 0.15) is 11.9 Å². The Kier molecular flexibility index (Phi) is 5.31. The third-order valence-corrected chi connectivity index (χ3v) is 4.71. The van der Waals surface area contributed by atoms with E-state index in [9.17, 15) is 18.8 Å². The first-order valence-corrected chi connectivity index (χ1v) is 8.66. The van der Waals surface area contributed by atoms with Gasteiger partial charge < -0.3 is 15.1 Å². The van der Waals surface area contributed by atoms with Gasteiger partial charge in [-0.2, -0.15) is 0 Å². The second kappa shape index (κ2) is 7.63. The molecule has 2 aliphatic rings. The fraction of sp³-hybridized carbons (Fsp3) is 0.500. The molecule has 134 valence electrons. The average molecular weight is 347 g/mol. The summed E-state index contributed by atoms with van der Waals surface area (Å²) in [5, 5.41) is 2.73. The number of piperazine rings is 1. The van der Waals surface area contributed by atoms with Gasteiger partial charge in [-0.15, -0.1) is 0 Å². The lowest BCUT2D eigenvalue weighted by Gasteiger charge is -2.36. The molecule has 0 bridgehead atoms. The third kappa shape index (κ3) is 3.97. The van der Waals surface area contributed by atoms with Crippen molar-refractivity contribution in [2.75, 3.05) is 26.2 Å². The van der Waals surface area contributed by atoms with E-state index in [1.807, 2.05) is 0 Å². The van der Waals surface area contributed by atoms with Gasteiger partial charge in [0.25, 0.3) is 0 Å². The molecule has 1 unspecified atom stereocenters. The van der Waals surface area contributed by atoms with Crippen LogP contribution in [0.15, 0.2) is 24.3 Å². The summed E-state index contributed by atoms with van der Waals surface area (Å²) >= 11 is 0. The third-order valence-electron chi connectivity index (χ3n) is 4.71. The molecule has 2 fully saturated rings. The zero-order valence-corrected chi connectivity index (χ0v) is 14.0. The van der Waals surface area contributed by atoms with Gasteiger partial charge in [0.05, 0.1) is 0 Å². The van der Waals surface area contributed by atoms with Crippen molar-refractivity contribution < 1.29 is 18.8 Å². The summed E-state index contributed by atoms with van der Waals surface area (Å²) in [6, 6.07) is 4.94. The Balaban J connectivity index is 1.70. The maximum absolute atomic E-state index is 13.5. The van der Waals surface area contributed by atoms with Gasteiger partial charge in [0.2, 0.25) is 17.7 Å². The number of piperidine rings is 1. The molecule has 1 aromatic carbocycles. The van der Waals surface area contributed by atoms with Crippen LogP contribution >= 0.6 is 0 Å². The second-order valence-electron chi connectivity index (χ2n) is 6.42. The van der Waals surface area contributed by atoms with Crippen molar-refractivity contribution in [1.29, 1.82) is 0 Å². The predicted molar refractivity (Wildman–Crippen MR) is 88.9 cm³/mol. The molecule has 2 saturated heterocycles. The number of benzene rings is 1. The van der Waals surface area contributed by atoms with Crippen LogP contribution in [0.2, 0.25) is 0 Å². The average Bonchev–Trinajstić information content (AvgIpc) is 2.60. The van der Waals surface area contributed by atoms with Crippen molar-refractivity contribution in [2.24, 2.45) is 0 Å². The first kappa shape index (κ1) is 17.4. The Bertz CT molecular complexity index is 679. The molecule has 1 aromatic rings. The first-order valence-electron chi connectivity index (χ1n) is 8.66. The number of likely N-dealkylation sites (tertiary alicyclic amines) is 1. The normalized spacial score (nSPS) is 21.2. The zero-order valence-electron chi connectivity index (χ0n) is 14.0. The molecule has 0 spiro atoms. The molecule has 0 saturated carbocycles. The van der Waals surface area contributed by atoms with Gasteiger partial charge in [0.15, 0.2) is 0 Å². The molecule has 3 amide bonds. The topological polar surface area (TPSA) is 69.7 Å². The van der Waals surface area contributed by atoms with Gasteiger partial charge in [-0.25, -0.2) is 4.39 Å². The van der Waals surface area contributed by atoms with E-state index in [0.717, 1.165) is 12.8 Å². The van der Waals surface area contributed by atoms with E-state index < -0.39 is 11.9 Å². The van der Waals surface area contributed by atoms with Crippen molar-refractivity contribution in [3.63, 3.8) is 0 Å². The largest absolute Gasteiger partial charge is 0.352 e. The second-order valence-corrected chi connectivity index (χ2v) is 6.42. The molecular formula is C18H22FN3O3. The Labute approximate surface area is 146 Å². The Morgan fingerprint density at radius 3 is 2.84 bits per heavy atom. The number of halogens is 1. The smallest absolute Gasteiger partial charge is 0.247 e. The van der Waals surface area contributed by atoms with Gasteiger partial charge in [-0.05, 0) is 30.5 Å². The highest BCUT2D eigenvalue weighted by molar-refractivity contribution is 5.90. The minimum absolute atomic E-state index is 0.0807. The number of rotatable bonds is 4. The summed E-state index contributed by atoms with van der Waals surface area (Å²) in [5.74, 6) is -0.860. The molecule has 2 aliphatic heterocycles. The maximum Gasteiger partial charge on any atom is 0.247 e. The highest BCUT2D eigenvalue weighted by atomic mass is 19.1. The molecular weight excluding hydrogens is 325 g/mol.